The van der Waals surface area contributed by atoms with E-state index in [0.717, 1.165) is 17.0 Å². The van der Waals surface area contributed by atoms with Gasteiger partial charge in [0.2, 0.25) is 0 Å². The molecule has 0 spiro atoms. The predicted octanol–water partition coefficient (Wildman–Crippen LogP) is 3.32. The molecule has 1 unspecified atom stereocenters. The summed E-state index contributed by atoms with van der Waals surface area (Å²) in [6.07, 6.45) is 4.06. The maximum absolute atomic E-state index is 13.3. The average Bonchev–Trinajstić information content (AvgIpc) is 3.32. The summed E-state index contributed by atoms with van der Waals surface area (Å²) in [7, 11) is 1.60. The van der Waals surface area contributed by atoms with E-state index in [1.165, 1.54) is 29.2 Å². The van der Waals surface area contributed by atoms with E-state index in [0.29, 0.717) is 43.5 Å². The third-order valence-electron chi connectivity index (χ3n) is 7.07. The Bertz CT molecular complexity index is 1370. The Morgan fingerprint density at radius 3 is 2.46 bits per heavy atom. The van der Waals surface area contributed by atoms with Crippen molar-refractivity contribution in [2.24, 2.45) is 0 Å². The molecule has 1 fully saturated rings. The lowest BCUT2D eigenvalue weighted by Crippen LogP contribution is -2.50. The number of hydrogen-bond donors (Lipinski definition) is 1. The summed E-state index contributed by atoms with van der Waals surface area (Å²) >= 11 is 0. The number of nitrogens with zero attached hydrogens (tertiary/aromatic N) is 5. The quantitative estimate of drug-likeness (QED) is 0.459. The topological polar surface area (TPSA) is 85.4 Å². The van der Waals surface area contributed by atoms with Crippen LogP contribution in [0.15, 0.2) is 65.8 Å². The summed E-state index contributed by atoms with van der Waals surface area (Å²) in [6, 6.07) is 13.4. The first-order chi connectivity index (χ1) is 16.9. The van der Waals surface area contributed by atoms with E-state index in [1.807, 2.05) is 31.2 Å². The maximum Gasteiger partial charge on any atom is 0.264 e. The molecule has 4 aromatic rings. The van der Waals surface area contributed by atoms with Crippen LogP contribution in [0.5, 0.6) is 5.75 Å². The number of fused-ring (bicyclic) bond motifs is 1. The highest BCUT2D eigenvalue weighted by atomic mass is 19.1. The second kappa shape index (κ2) is 9.24. The third-order valence-corrected chi connectivity index (χ3v) is 7.07. The van der Waals surface area contributed by atoms with Gasteiger partial charge >= 0.3 is 0 Å². The maximum atomic E-state index is 13.3. The molecule has 1 atom stereocenters. The lowest BCUT2D eigenvalue weighted by Gasteiger charge is -2.42. The first-order valence-electron chi connectivity index (χ1n) is 11.7. The van der Waals surface area contributed by atoms with Crippen LogP contribution in [0.25, 0.3) is 16.7 Å². The first-order valence-corrected chi connectivity index (χ1v) is 11.7. The van der Waals surface area contributed by atoms with Gasteiger partial charge in [-0.2, -0.15) is 5.10 Å². The molecule has 0 bridgehead atoms. The van der Waals surface area contributed by atoms with Gasteiger partial charge in [-0.1, -0.05) is 12.1 Å². The van der Waals surface area contributed by atoms with Crippen molar-refractivity contribution < 1.29 is 14.2 Å². The van der Waals surface area contributed by atoms with Crippen LogP contribution < -0.4 is 10.3 Å². The Morgan fingerprint density at radius 2 is 1.80 bits per heavy atom. The Balaban J connectivity index is 1.34. The Kier molecular flexibility index (Phi) is 6.12. The molecule has 1 aliphatic heterocycles. The minimum Gasteiger partial charge on any atom is -0.497 e. The number of aromatic nitrogens is 4. The lowest BCUT2D eigenvalue weighted by molar-refractivity contribution is -0.0589. The highest BCUT2D eigenvalue weighted by molar-refractivity contribution is 5.75. The van der Waals surface area contributed by atoms with Crippen LogP contribution >= 0.6 is 0 Å². The highest BCUT2D eigenvalue weighted by Gasteiger charge is 2.39. The van der Waals surface area contributed by atoms with E-state index in [2.05, 4.69) is 15.0 Å². The highest BCUT2D eigenvalue weighted by Crippen LogP contribution is 2.33. The van der Waals surface area contributed by atoms with Crippen molar-refractivity contribution in [2.45, 2.75) is 38.0 Å². The molecule has 3 heterocycles. The van der Waals surface area contributed by atoms with Crippen molar-refractivity contribution >= 4 is 11.0 Å². The number of benzene rings is 2. The molecular weight excluding hydrogens is 449 g/mol. The van der Waals surface area contributed by atoms with E-state index in [1.54, 1.807) is 23.9 Å². The van der Waals surface area contributed by atoms with Crippen LogP contribution in [0, 0.1) is 5.82 Å². The van der Waals surface area contributed by atoms with E-state index in [9.17, 15) is 14.3 Å². The molecule has 9 heteroatoms. The van der Waals surface area contributed by atoms with E-state index >= 15 is 0 Å². The molecule has 1 aliphatic rings. The molecule has 182 valence electrons. The molecule has 0 aliphatic carbocycles. The number of piperidine rings is 1. The molecule has 0 saturated carbocycles. The number of ether oxygens (including phenoxy) is 1. The van der Waals surface area contributed by atoms with Gasteiger partial charge in [0.1, 0.15) is 23.3 Å². The molecule has 0 amide bonds. The number of halogens is 1. The molecule has 0 radical (unpaired) electrons. The van der Waals surface area contributed by atoms with Gasteiger partial charge in [-0.25, -0.2) is 14.1 Å². The molecule has 8 nitrogen and oxygen atoms in total. The standard InChI is InChI=1S/C26H28FN5O3/c1-18(26(34)11-13-30(14-12-26)16-19-3-5-20(27)6-4-19)31-17-28-24-23(25(31)33)15-29-32(24)21-7-9-22(35-2)10-8-21/h3-10,15,17-18,34H,11-14,16H2,1-2H3. The largest absolute Gasteiger partial charge is 0.497 e. The number of aliphatic hydroxyl groups is 1. The lowest BCUT2D eigenvalue weighted by atomic mass is 9.84. The van der Waals surface area contributed by atoms with Crippen molar-refractivity contribution in [1.82, 2.24) is 24.2 Å². The molecule has 35 heavy (non-hydrogen) atoms. The Labute approximate surface area is 202 Å². The van der Waals surface area contributed by atoms with Gasteiger partial charge in [0.05, 0.1) is 30.6 Å². The molecule has 1 saturated heterocycles. The van der Waals surface area contributed by atoms with E-state index in [4.69, 9.17) is 4.74 Å². The van der Waals surface area contributed by atoms with Crippen LogP contribution in [0.3, 0.4) is 0 Å². The fourth-order valence-corrected chi connectivity index (χ4v) is 4.74. The summed E-state index contributed by atoms with van der Waals surface area (Å²) in [4.78, 5) is 20.1. The zero-order valence-electron chi connectivity index (χ0n) is 19.8. The van der Waals surface area contributed by atoms with Crippen LogP contribution in [0.4, 0.5) is 4.39 Å². The first kappa shape index (κ1) is 23.2. The molecule has 2 aromatic carbocycles. The second-order valence-corrected chi connectivity index (χ2v) is 9.13. The Hall–Kier alpha value is -3.56. The minimum atomic E-state index is -1.04. The summed E-state index contributed by atoms with van der Waals surface area (Å²) in [5.41, 5.74) is 0.995. The second-order valence-electron chi connectivity index (χ2n) is 9.13. The summed E-state index contributed by atoms with van der Waals surface area (Å²) in [5, 5.41) is 16.2. The van der Waals surface area contributed by atoms with Gasteiger partial charge in [-0.15, -0.1) is 0 Å². The number of hydrogen-bond acceptors (Lipinski definition) is 6. The van der Waals surface area contributed by atoms with Crippen molar-refractivity contribution in [1.29, 1.82) is 0 Å². The summed E-state index contributed by atoms with van der Waals surface area (Å²) in [6.45, 7) is 3.91. The van der Waals surface area contributed by atoms with Gasteiger partial charge in [0.25, 0.3) is 5.56 Å². The van der Waals surface area contributed by atoms with Crippen LogP contribution in [0.1, 0.15) is 31.4 Å². The monoisotopic (exact) mass is 477 g/mol. The predicted molar refractivity (Wildman–Crippen MR) is 130 cm³/mol. The molecule has 2 aromatic heterocycles. The van der Waals surface area contributed by atoms with Crippen LogP contribution in [0.2, 0.25) is 0 Å². The number of methoxy groups -OCH3 is 1. The van der Waals surface area contributed by atoms with Crippen LogP contribution in [-0.4, -0.2) is 55.1 Å². The van der Waals surface area contributed by atoms with E-state index in [-0.39, 0.29) is 11.4 Å². The van der Waals surface area contributed by atoms with Gasteiger partial charge in [-0.3, -0.25) is 14.3 Å². The van der Waals surface area contributed by atoms with Crippen molar-refractivity contribution in [3.8, 4) is 11.4 Å². The van der Waals surface area contributed by atoms with Crippen LogP contribution in [-0.2, 0) is 6.54 Å². The zero-order valence-corrected chi connectivity index (χ0v) is 19.8. The fraction of sp³-hybridized carbons (Fsp3) is 0.346. The van der Waals surface area contributed by atoms with Gasteiger partial charge in [0, 0.05) is 19.6 Å². The molecule has 5 rings (SSSR count). The van der Waals surface area contributed by atoms with Gasteiger partial charge < -0.3 is 9.84 Å². The van der Waals surface area contributed by atoms with Gasteiger partial charge in [0.15, 0.2) is 5.65 Å². The van der Waals surface area contributed by atoms with Crippen molar-refractivity contribution in [3.05, 3.63) is 82.8 Å². The minimum absolute atomic E-state index is 0.232. The van der Waals surface area contributed by atoms with Gasteiger partial charge in [-0.05, 0) is 61.7 Å². The Morgan fingerprint density at radius 1 is 1.11 bits per heavy atom. The summed E-state index contributed by atoms with van der Waals surface area (Å²) < 4.78 is 21.5. The SMILES string of the molecule is COc1ccc(-n2ncc3c(=O)n(C(C)C4(O)CCN(Cc5ccc(F)cc5)CC4)cnc32)cc1. The summed E-state index contributed by atoms with van der Waals surface area (Å²) in [5.74, 6) is 0.479. The zero-order chi connectivity index (χ0) is 24.6. The number of likely N-dealkylation sites (tertiary alicyclic amines) is 1. The fourth-order valence-electron chi connectivity index (χ4n) is 4.74. The third kappa shape index (κ3) is 4.44. The smallest absolute Gasteiger partial charge is 0.264 e. The normalized spacial score (nSPS) is 16.9. The number of rotatable bonds is 6. The molecular formula is C26H28FN5O3. The van der Waals surface area contributed by atoms with Crippen molar-refractivity contribution in [2.75, 3.05) is 20.2 Å². The molecule has 1 N–H and O–H groups in total. The average molecular weight is 478 g/mol. The van der Waals surface area contributed by atoms with Crippen molar-refractivity contribution in [3.63, 3.8) is 0 Å². The van der Waals surface area contributed by atoms with E-state index < -0.39 is 11.6 Å².